The largest absolute Gasteiger partial charge is 0.369 e. The maximum atomic E-state index is 12.3. The molecule has 2 heterocycles. The highest BCUT2D eigenvalue weighted by molar-refractivity contribution is 6.04. The summed E-state index contributed by atoms with van der Waals surface area (Å²) in [5.74, 6) is -0.185. The Hall–Kier alpha value is -2.47. The molecule has 23 heavy (non-hydrogen) atoms. The molecule has 0 aliphatic carbocycles. The number of rotatable bonds is 3. The lowest BCUT2D eigenvalue weighted by atomic mass is 10.2. The Labute approximate surface area is 136 Å². The molecule has 1 aromatic heterocycles. The molecule has 2 aromatic rings. The van der Waals surface area contributed by atoms with Crippen molar-refractivity contribution < 1.29 is 4.79 Å². The van der Waals surface area contributed by atoms with Crippen LogP contribution in [0.5, 0.6) is 0 Å². The van der Waals surface area contributed by atoms with Gasteiger partial charge in [0, 0.05) is 43.8 Å². The third kappa shape index (κ3) is 3.65. The molecule has 1 aromatic carbocycles. The average Bonchev–Trinajstić information content (AvgIpc) is 2.57. The number of carbonyl (C=O) groups excluding carboxylic acids is 1. The molecule has 0 saturated carbocycles. The highest BCUT2D eigenvalue weighted by Crippen LogP contribution is 2.20. The normalized spacial score (nSPS) is 15.5. The fourth-order valence-electron chi connectivity index (χ4n) is 2.63. The second-order valence-electron chi connectivity index (χ2n) is 5.81. The van der Waals surface area contributed by atoms with Gasteiger partial charge in [-0.25, -0.2) is 9.97 Å². The van der Waals surface area contributed by atoms with Crippen molar-refractivity contribution in [2.75, 3.05) is 43.4 Å². The van der Waals surface area contributed by atoms with Crippen LogP contribution in [0.15, 0.2) is 36.8 Å². The van der Waals surface area contributed by atoms with Gasteiger partial charge in [0.15, 0.2) is 0 Å². The van der Waals surface area contributed by atoms with Gasteiger partial charge in [-0.15, -0.1) is 0 Å². The number of nitrogens with zero attached hydrogens (tertiary/aromatic N) is 4. The summed E-state index contributed by atoms with van der Waals surface area (Å²) < 4.78 is 0. The minimum atomic E-state index is -0.185. The fraction of sp³-hybridized carbons (Fsp3) is 0.353. The number of hydrogen-bond acceptors (Lipinski definition) is 5. The van der Waals surface area contributed by atoms with E-state index in [1.165, 1.54) is 18.2 Å². The van der Waals surface area contributed by atoms with Gasteiger partial charge in [-0.1, -0.05) is 0 Å². The van der Waals surface area contributed by atoms with Gasteiger partial charge >= 0.3 is 0 Å². The summed E-state index contributed by atoms with van der Waals surface area (Å²) in [5, 5.41) is 2.89. The molecule has 1 aliphatic rings. The molecule has 1 saturated heterocycles. The maximum Gasteiger partial charge on any atom is 0.259 e. The van der Waals surface area contributed by atoms with Crippen LogP contribution >= 0.6 is 0 Å². The van der Waals surface area contributed by atoms with Gasteiger partial charge in [0.2, 0.25) is 0 Å². The lowest BCUT2D eigenvalue weighted by Gasteiger charge is -2.34. The van der Waals surface area contributed by atoms with Crippen LogP contribution in [0.25, 0.3) is 0 Å². The van der Waals surface area contributed by atoms with Crippen molar-refractivity contribution in [3.05, 3.63) is 48.0 Å². The van der Waals surface area contributed by atoms with Gasteiger partial charge in [0.1, 0.15) is 6.33 Å². The molecule has 120 valence electrons. The van der Waals surface area contributed by atoms with E-state index in [0.29, 0.717) is 11.3 Å². The zero-order valence-corrected chi connectivity index (χ0v) is 13.5. The van der Waals surface area contributed by atoms with E-state index in [0.717, 1.165) is 31.9 Å². The summed E-state index contributed by atoms with van der Waals surface area (Å²) in [4.78, 5) is 24.9. The van der Waals surface area contributed by atoms with Crippen molar-refractivity contribution in [2.24, 2.45) is 0 Å². The molecule has 0 bridgehead atoms. The molecule has 1 fully saturated rings. The first-order valence-corrected chi connectivity index (χ1v) is 7.75. The van der Waals surface area contributed by atoms with E-state index in [1.54, 1.807) is 6.92 Å². The SMILES string of the molecule is Cc1ncncc1C(=O)Nc1ccc(N2CCN(C)CC2)cc1. The number of aryl methyl sites for hydroxylation is 1. The lowest BCUT2D eigenvalue weighted by Crippen LogP contribution is -2.44. The zero-order valence-electron chi connectivity index (χ0n) is 13.5. The highest BCUT2D eigenvalue weighted by atomic mass is 16.1. The lowest BCUT2D eigenvalue weighted by molar-refractivity contribution is 0.102. The zero-order chi connectivity index (χ0) is 16.2. The van der Waals surface area contributed by atoms with Gasteiger partial charge in [-0.3, -0.25) is 4.79 Å². The smallest absolute Gasteiger partial charge is 0.259 e. The van der Waals surface area contributed by atoms with Crippen molar-refractivity contribution in [1.29, 1.82) is 0 Å². The van der Waals surface area contributed by atoms with E-state index in [4.69, 9.17) is 0 Å². The first-order valence-electron chi connectivity index (χ1n) is 7.75. The van der Waals surface area contributed by atoms with Crippen molar-refractivity contribution in [3.63, 3.8) is 0 Å². The number of amides is 1. The number of benzene rings is 1. The number of anilines is 2. The van der Waals surface area contributed by atoms with Crippen molar-refractivity contribution >= 4 is 17.3 Å². The van der Waals surface area contributed by atoms with Crippen LogP contribution in [-0.2, 0) is 0 Å². The van der Waals surface area contributed by atoms with Crippen molar-refractivity contribution in [1.82, 2.24) is 14.9 Å². The summed E-state index contributed by atoms with van der Waals surface area (Å²) in [6.45, 7) is 6.01. The van der Waals surface area contributed by atoms with Crippen LogP contribution in [0.3, 0.4) is 0 Å². The molecule has 0 unspecified atom stereocenters. The predicted molar refractivity (Wildman–Crippen MR) is 90.9 cm³/mol. The number of hydrogen-bond donors (Lipinski definition) is 1. The molecule has 0 radical (unpaired) electrons. The molecule has 6 nitrogen and oxygen atoms in total. The summed E-state index contributed by atoms with van der Waals surface area (Å²) >= 11 is 0. The van der Waals surface area contributed by atoms with Gasteiger partial charge in [0.25, 0.3) is 5.91 Å². The Morgan fingerprint density at radius 2 is 1.83 bits per heavy atom. The number of piperazine rings is 1. The summed E-state index contributed by atoms with van der Waals surface area (Å²) in [6, 6.07) is 7.97. The Morgan fingerprint density at radius 1 is 1.13 bits per heavy atom. The Morgan fingerprint density at radius 3 is 2.48 bits per heavy atom. The van der Waals surface area contributed by atoms with Crippen LogP contribution in [0.4, 0.5) is 11.4 Å². The molecule has 6 heteroatoms. The van der Waals surface area contributed by atoms with E-state index >= 15 is 0 Å². The van der Waals surface area contributed by atoms with Crippen LogP contribution in [0.2, 0.25) is 0 Å². The van der Waals surface area contributed by atoms with Gasteiger partial charge < -0.3 is 15.1 Å². The molecular formula is C17H21N5O. The van der Waals surface area contributed by atoms with Crippen LogP contribution in [-0.4, -0.2) is 54.0 Å². The van der Waals surface area contributed by atoms with Gasteiger partial charge in [-0.05, 0) is 38.2 Å². The van der Waals surface area contributed by atoms with Gasteiger partial charge in [-0.2, -0.15) is 0 Å². The molecule has 1 aliphatic heterocycles. The Kier molecular flexibility index (Phi) is 4.52. The van der Waals surface area contributed by atoms with Crippen LogP contribution in [0, 0.1) is 6.92 Å². The van der Waals surface area contributed by atoms with E-state index in [2.05, 4.69) is 44.3 Å². The molecular weight excluding hydrogens is 290 g/mol. The number of nitrogens with one attached hydrogen (secondary N) is 1. The average molecular weight is 311 g/mol. The standard InChI is InChI=1S/C17H21N5O/c1-13-16(11-18-12-19-13)17(23)20-14-3-5-15(6-4-14)22-9-7-21(2)8-10-22/h3-6,11-12H,7-10H2,1-2H3,(H,20,23). The van der Waals surface area contributed by atoms with Crippen molar-refractivity contribution in [2.45, 2.75) is 6.92 Å². The second-order valence-corrected chi connectivity index (χ2v) is 5.81. The maximum absolute atomic E-state index is 12.3. The van der Waals surface area contributed by atoms with Gasteiger partial charge in [0.05, 0.1) is 11.3 Å². The van der Waals surface area contributed by atoms with Crippen molar-refractivity contribution in [3.8, 4) is 0 Å². The summed E-state index contributed by atoms with van der Waals surface area (Å²) in [6.07, 6.45) is 2.98. The van der Waals surface area contributed by atoms with E-state index < -0.39 is 0 Å². The monoisotopic (exact) mass is 311 g/mol. The third-order valence-electron chi connectivity index (χ3n) is 4.15. The highest BCUT2D eigenvalue weighted by Gasteiger charge is 2.14. The number of aromatic nitrogens is 2. The number of carbonyl (C=O) groups is 1. The van der Waals surface area contributed by atoms with E-state index in [-0.39, 0.29) is 5.91 Å². The van der Waals surface area contributed by atoms with E-state index in [9.17, 15) is 4.79 Å². The number of likely N-dealkylation sites (N-methyl/N-ethyl adjacent to an activating group) is 1. The predicted octanol–water partition coefficient (Wildman–Crippen LogP) is 1.79. The fourth-order valence-corrected chi connectivity index (χ4v) is 2.63. The van der Waals surface area contributed by atoms with Crippen LogP contribution < -0.4 is 10.2 Å². The molecule has 1 N–H and O–H groups in total. The third-order valence-corrected chi connectivity index (χ3v) is 4.15. The van der Waals surface area contributed by atoms with E-state index in [1.807, 2.05) is 12.1 Å². The molecule has 1 amide bonds. The summed E-state index contributed by atoms with van der Waals surface area (Å²) in [7, 11) is 2.14. The Bertz CT molecular complexity index is 678. The minimum Gasteiger partial charge on any atom is -0.369 e. The molecule has 0 atom stereocenters. The first-order chi connectivity index (χ1) is 11.1. The van der Waals surface area contributed by atoms with Crippen LogP contribution in [0.1, 0.15) is 16.1 Å². The Balaban J connectivity index is 1.66. The first kappa shape index (κ1) is 15.4. The molecule has 3 rings (SSSR count). The topological polar surface area (TPSA) is 61.4 Å². The minimum absolute atomic E-state index is 0.185. The summed E-state index contributed by atoms with van der Waals surface area (Å²) in [5.41, 5.74) is 3.13. The second kappa shape index (κ2) is 6.75. The molecule has 0 spiro atoms. The quantitative estimate of drug-likeness (QED) is 0.936.